The van der Waals surface area contributed by atoms with Gasteiger partial charge in [-0.15, -0.1) is 0 Å². The number of aryl methyl sites for hydroxylation is 2. The van der Waals surface area contributed by atoms with Gasteiger partial charge in [-0.1, -0.05) is 43.2 Å². The molecule has 2 atom stereocenters. The van der Waals surface area contributed by atoms with Crippen LogP contribution in [0.2, 0.25) is 0 Å². The molecule has 0 aromatic heterocycles. The Kier molecular flexibility index (Phi) is 4.11. The first-order valence-corrected chi connectivity index (χ1v) is 7.38. The Labute approximate surface area is 112 Å². The Balaban J connectivity index is 2.23. The van der Waals surface area contributed by atoms with Crippen molar-refractivity contribution in [3.63, 3.8) is 0 Å². The summed E-state index contributed by atoms with van der Waals surface area (Å²) in [4.78, 5) is 0. The Hall–Kier alpha value is -0.820. The molecule has 1 aliphatic carbocycles. The lowest BCUT2D eigenvalue weighted by Crippen LogP contribution is -2.50. The van der Waals surface area contributed by atoms with E-state index >= 15 is 0 Å². The fourth-order valence-electron chi connectivity index (χ4n) is 3.33. The highest BCUT2D eigenvalue weighted by molar-refractivity contribution is 5.37. The van der Waals surface area contributed by atoms with Gasteiger partial charge in [-0.2, -0.15) is 0 Å². The quantitative estimate of drug-likeness (QED) is 0.774. The predicted octanol–water partition coefficient (Wildman–Crippen LogP) is 3.97. The number of hydrogen-bond acceptors (Lipinski definition) is 1. The lowest BCUT2D eigenvalue weighted by atomic mass is 9.57. The van der Waals surface area contributed by atoms with Crippen LogP contribution in [0.4, 0.5) is 0 Å². The summed E-state index contributed by atoms with van der Waals surface area (Å²) in [7, 11) is 0. The minimum Gasteiger partial charge on any atom is -0.316 e. The van der Waals surface area contributed by atoms with Crippen molar-refractivity contribution in [1.29, 1.82) is 0 Å². The summed E-state index contributed by atoms with van der Waals surface area (Å²) in [5.74, 6) is 0.808. The second-order valence-electron chi connectivity index (χ2n) is 6.15. The maximum atomic E-state index is 3.65. The monoisotopic (exact) mass is 245 g/mol. The van der Waals surface area contributed by atoms with Gasteiger partial charge < -0.3 is 5.32 Å². The molecular formula is C17H27N. The van der Waals surface area contributed by atoms with Gasteiger partial charge in [-0.05, 0) is 51.1 Å². The molecule has 1 saturated carbocycles. The fraction of sp³-hybridized carbons (Fsp3) is 0.647. The molecule has 0 heterocycles. The normalized spacial score (nSPS) is 27.0. The van der Waals surface area contributed by atoms with Crippen molar-refractivity contribution in [2.45, 2.75) is 52.4 Å². The van der Waals surface area contributed by atoms with Gasteiger partial charge in [0, 0.05) is 12.0 Å². The van der Waals surface area contributed by atoms with Crippen LogP contribution in [-0.2, 0) is 5.41 Å². The van der Waals surface area contributed by atoms with Crippen LogP contribution in [-0.4, -0.2) is 13.1 Å². The van der Waals surface area contributed by atoms with Gasteiger partial charge >= 0.3 is 0 Å². The largest absolute Gasteiger partial charge is 0.316 e. The minimum absolute atomic E-state index is 0.395. The highest BCUT2D eigenvalue weighted by atomic mass is 14.9. The summed E-state index contributed by atoms with van der Waals surface area (Å²) < 4.78 is 0. The van der Waals surface area contributed by atoms with E-state index in [1.54, 1.807) is 5.56 Å². The van der Waals surface area contributed by atoms with Crippen molar-refractivity contribution in [3.8, 4) is 0 Å². The molecule has 2 unspecified atom stereocenters. The topological polar surface area (TPSA) is 12.0 Å². The number of nitrogens with one attached hydrogen (secondary N) is 1. The van der Waals surface area contributed by atoms with E-state index in [0.717, 1.165) is 19.0 Å². The van der Waals surface area contributed by atoms with Crippen LogP contribution in [0, 0.1) is 19.8 Å². The van der Waals surface area contributed by atoms with Crippen molar-refractivity contribution in [2.75, 3.05) is 13.1 Å². The second kappa shape index (κ2) is 5.44. The molecule has 0 amide bonds. The zero-order chi connectivity index (χ0) is 13.2. The highest BCUT2D eigenvalue weighted by Crippen LogP contribution is 2.48. The van der Waals surface area contributed by atoms with E-state index < -0.39 is 0 Å². The average Bonchev–Trinajstić information content (AvgIpc) is 2.31. The van der Waals surface area contributed by atoms with E-state index in [1.165, 1.54) is 30.4 Å². The second-order valence-corrected chi connectivity index (χ2v) is 6.15. The molecule has 0 radical (unpaired) electrons. The first kappa shape index (κ1) is 13.6. The standard InChI is InChI=1S/C17H27N/c1-5-8-18-12-17(7-6-15(17)4)16-10-13(2)9-14(3)11-16/h9-11,15,18H,5-8,12H2,1-4H3. The van der Waals surface area contributed by atoms with E-state index in [1.807, 2.05) is 0 Å². The molecule has 1 fully saturated rings. The van der Waals surface area contributed by atoms with Gasteiger partial charge in [-0.3, -0.25) is 0 Å². The van der Waals surface area contributed by atoms with Gasteiger partial charge in [0.05, 0.1) is 0 Å². The first-order valence-electron chi connectivity index (χ1n) is 7.38. The molecule has 0 aliphatic heterocycles. The molecule has 1 aliphatic rings. The molecule has 1 N–H and O–H groups in total. The zero-order valence-electron chi connectivity index (χ0n) is 12.3. The van der Waals surface area contributed by atoms with Crippen molar-refractivity contribution in [3.05, 3.63) is 34.9 Å². The fourth-order valence-corrected chi connectivity index (χ4v) is 3.33. The van der Waals surface area contributed by atoms with Crippen LogP contribution >= 0.6 is 0 Å². The van der Waals surface area contributed by atoms with E-state index in [0.29, 0.717) is 5.41 Å². The number of benzene rings is 1. The van der Waals surface area contributed by atoms with Crippen LogP contribution in [0.3, 0.4) is 0 Å². The van der Waals surface area contributed by atoms with E-state index in [-0.39, 0.29) is 0 Å². The summed E-state index contributed by atoms with van der Waals surface area (Å²) in [5.41, 5.74) is 4.76. The lowest BCUT2D eigenvalue weighted by Gasteiger charge is -2.49. The van der Waals surface area contributed by atoms with E-state index in [9.17, 15) is 0 Å². The minimum atomic E-state index is 0.395. The predicted molar refractivity (Wildman–Crippen MR) is 79.2 cm³/mol. The zero-order valence-corrected chi connectivity index (χ0v) is 12.3. The van der Waals surface area contributed by atoms with E-state index in [4.69, 9.17) is 0 Å². The lowest BCUT2D eigenvalue weighted by molar-refractivity contribution is 0.134. The van der Waals surface area contributed by atoms with Crippen molar-refractivity contribution < 1.29 is 0 Å². The van der Waals surface area contributed by atoms with Gasteiger partial charge in [-0.25, -0.2) is 0 Å². The molecule has 100 valence electrons. The van der Waals surface area contributed by atoms with Gasteiger partial charge in [0.25, 0.3) is 0 Å². The van der Waals surface area contributed by atoms with Crippen molar-refractivity contribution >= 4 is 0 Å². The molecule has 0 saturated heterocycles. The van der Waals surface area contributed by atoms with Crippen LogP contribution < -0.4 is 5.32 Å². The average molecular weight is 245 g/mol. The highest BCUT2D eigenvalue weighted by Gasteiger charge is 2.44. The number of rotatable bonds is 5. The SMILES string of the molecule is CCCNCC1(c2cc(C)cc(C)c2)CCC1C. The Morgan fingerprint density at radius 2 is 1.89 bits per heavy atom. The molecule has 0 spiro atoms. The molecular weight excluding hydrogens is 218 g/mol. The van der Waals surface area contributed by atoms with Crippen LogP contribution in [0.25, 0.3) is 0 Å². The van der Waals surface area contributed by atoms with Crippen LogP contribution in [0.5, 0.6) is 0 Å². The molecule has 1 nitrogen and oxygen atoms in total. The Bertz CT molecular complexity index is 390. The maximum absolute atomic E-state index is 3.65. The summed E-state index contributed by atoms with van der Waals surface area (Å²) in [6.07, 6.45) is 3.94. The summed E-state index contributed by atoms with van der Waals surface area (Å²) in [6, 6.07) is 7.08. The molecule has 2 rings (SSSR count). The summed E-state index contributed by atoms with van der Waals surface area (Å²) in [6.45, 7) is 11.4. The summed E-state index contributed by atoms with van der Waals surface area (Å²) in [5, 5.41) is 3.65. The molecule has 1 heteroatoms. The third-order valence-electron chi connectivity index (χ3n) is 4.63. The third kappa shape index (κ3) is 2.47. The van der Waals surface area contributed by atoms with Gasteiger partial charge in [0.15, 0.2) is 0 Å². The molecule has 18 heavy (non-hydrogen) atoms. The van der Waals surface area contributed by atoms with Gasteiger partial charge in [0.1, 0.15) is 0 Å². The molecule has 0 bridgehead atoms. The van der Waals surface area contributed by atoms with Crippen LogP contribution in [0.15, 0.2) is 18.2 Å². The third-order valence-corrected chi connectivity index (χ3v) is 4.63. The van der Waals surface area contributed by atoms with Crippen molar-refractivity contribution in [1.82, 2.24) is 5.32 Å². The Morgan fingerprint density at radius 3 is 2.33 bits per heavy atom. The number of hydrogen-bond donors (Lipinski definition) is 1. The van der Waals surface area contributed by atoms with Crippen LogP contribution in [0.1, 0.15) is 49.8 Å². The smallest absolute Gasteiger partial charge is 0.0104 e. The van der Waals surface area contributed by atoms with Gasteiger partial charge in [0.2, 0.25) is 0 Å². The first-order chi connectivity index (χ1) is 8.58. The van der Waals surface area contributed by atoms with E-state index in [2.05, 4.69) is 51.2 Å². The molecule has 1 aromatic rings. The summed E-state index contributed by atoms with van der Waals surface area (Å²) >= 11 is 0. The van der Waals surface area contributed by atoms with Crippen molar-refractivity contribution in [2.24, 2.45) is 5.92 Å². The molecule has 1 aromatic carbocycles. The maximum Gasteiger partial charge on any atom is 0.0104 e. The Morgan fingerprint density at radius 1 is 1.22 bits per heavy atom.